The van der Waals surface area contributed by atoms with Crippen molar-refractivity contribution in [3.05, 3.63) is 30.1 Å². The van der Waals surface area contributed by atoms with Crippen molar-refractivity contribution in [3.63, 3.8) is 0 Å². The van der Waals surface area contributed by atoms with Crippen LogP contribution in [0.3, 0.4) is 0 Å². The molecule has 0 aliphatic heterocycles. The molecule has 1 aromatic rings. The molecule has 4 heteroatoms. The maximum Gasteiger partial charge on any atom is 0.188 e. The number of pyridine rings is 1. The Bertz CT molecular complexity index is 326. The molecule has 0 saturated heterocycles. The molecule has 1 rings (SSSR count). The molecule has 0 bridgehead atoms. The summed E-state index contributed by atoms with van der Waals surface area (Å²) in [5.41, 5.74) is 0.911. The highest BCUT2D eigenvalue weighted by Gasteiger charge is 2.01. The quantitative estimate of drug-likeness (QED) is 0.514. The Morgan fingerprint density at radius 1 is 1.77 bits per heavy atom. The Morgan fingerprint density at radius 2 is 2.62 bits per heavy atom. The van der Waals surface area contributed by atoms with Crippen molar-refractivity contribution in [2.24, 2.45) is 5.16 Å². The molecular formula is C9H9N3O. The van der Waals surface area contributed by atoms with Crippen LogP contribution in [0.15, 0.2) is 29.7 Å². The smallest absolute Gasteiger partial charge is 0.188 e. The summed E-state index contributed by atoms with van der Waals surface area (Å²) in [6.45, 7) is 2.26. The minimum absolute atomic E-state index is 0.245. The van der Waals surface area contributed by atoms with Crippen molar-refractivity contribution in [3.8, 4) is 6.07 Å². The van der Waals surface area contributed by atoms with Gasteiger partial charge >= 0.3 is 0 Å². The Labute approximate surface area is 76.5 Å². The van der Waals surface area contributed by atoms with Gasteiger partial charge in [-0.25, -0.2) is 0 Å². The minimum atomic E-state index is 0.245. The van der Waals surface area contributed by atoms with Gasteiger partial charge in [-0.15, -0.1) is 0 Å². The molecule has 4 nitrogen and oxygen atoms in total. The van der Waals surface area contributed by atoms with E-state index in [0.29, 0.717) is 12.2 Å². The van der Waals surface area contributed by atoms with Crippen molar-refractivity contribution in [1.29, 1.82) is 5.26 Å². The van der Waals surface area contributed by atoms with Crippen LogP contribution in [-0.2, 0) is 4.84 Å². The lowest BCUT2D eigenvalue weighted by Gasteiger charge is -1.96. The van der Waals surface area contributed by atoms with Crippen LogP contribution in [0.1, 0.15) is 12.5 Å². The van der Waals surface area contributed by atoms with E-state index in [4.69, 9.17) is 10.1 Å². The van der Waals surface area contributed by atoms with Crippen LogP contribution in [0.2, 0.25) is 0 Å². The van der Waals surface area contributed by atoms with E-state index in [9.17, 15) is 0 Å². The standard InChI is InChI=1S/C9H9N3O/c1-2-13-12-9(6-10)8-4-3-5-11-7-8/h3-5,7H,2H2,1H3. The lowest BCUT2D eigenvalue weighted by molar-refractivity contribution is 0.159. The average Bonchev–Trinajstić information content (AvgIpc) is 2.21. The zero-order chi connectivity index (χ0) is 9.52. The molecule has 0 aliphatic rings. The van der Waals surface area contributed by atoms with Gasteiger partial charge in [-0.1, -0.05) is 5.16 Å². The molecule has 13 heavy (non-hydrogen) atoms. The topological polar surface area (TPSA) is 58.3 Å². The van der Waals surface area contributed by atoms with Crippen LogP contribution in [0.4, 0.5) is 0 Å². The third-order valence-electron chi connectivity index (χ3n) is 1.33. The van der Waals surface area contributed by atoms with Crippen LogP contribution in [0.5, 0.6) is 0 Å². The largest absolute Gasteiger partial charge is 0.395 e. The zero-order valence-electron chi connectivity index (χ0n) is 7.27. The average molecular weight is 175 g/mol. The van der Waals surface area contributed by atoms with Gasteiger partial charge in [-0.05, 0) is 19.1 Å². The Morgan fingerprint density at radius 3 is 3.15 bits per heavy atom. The van der Waals surface area contributed by atoms with Gasteiger partial charge in [0.25, 0.3) is 0 Å². The van der Waals surface area contributed by atoms with Crippen LogP contribution in [0.25, 0.3) is 0 Å². The van der Waals surface area contributed by atoms with Gasteiger partial charge in [0, 0.05) is 18.0 Å². The number of hydrogen-bond donors (Lipinski definition) is 0. The summed E-state index contributed by atoms with van der Waals surface area (Å²) < 4.78 is 0. The van der Waals surface area contributed by atoms with E-state index >= 15 is 0 Å². The fourth-order valence-electron chi connectivity index (χ4n) is 0.770. The lowest BCUT2D eigenvalue weighted by atomic mass is 10.2. The van der Waals surface area contributed by atoms with E-state index < -0.39 is 0 Å². The second-order valence-electron chi connectivity index (χ2n) is 2.21. The summed E-state index contributed by atoms with van der Waals surface area (Å²) in [7, 11) is 0. The zero-order valence-corrected chi connectivity index (χ0v) is 7.27. The summed E-state index contributed by atoms with van der Waals surface area (Å²) in [5, 5.41) is 12.4. The van der Waals surface area contributed by atoms with Crippen molar-refractivity contribution in [2.45, 2.75) is 6.92 Å². The minimum Gasteiger partial charge on any atom is -0.395 e. The molecule has 0 unspecified atom stereocenters. The van der Waals surface area contributed by atoms with Crippen LogP contribution < -0.4 is 0 Å². The SMILES string of the molecule is CCON=C(C#N)c1cccnc1. The van der Waals surface area contributed by atoms with Crippen LogP contribution >= 0.6 is 0 Å². The highest BCUT2D eigenvalue weighted by atomic mass is 16.6. The Balaban J connectivity index is 2.87. The van der Waals surface area contributed by atoms with Crippen LogP contribution in [-0.4, -0.2) is 17.3 Å². The predicted molar refractivity (Wildman–Crippen MR) is 48.0 cm³/mol. The van der Waals surface area contributed by atoms with Crippen molar-refractivity contribution >= 4 is 5.71 Å². The fraction of sp³-hybridized carbons (Fsp3) is 0.222. The number of hydrogen-bond acceptors (Lipinski definition) is 4. The highest BCUT2D eigenvalue weighted by molar-refractivity contribution is 6.11. The molecule has 0 amide bonds. The maximum absolute atomic E-state index is 8.72. The molecular weight excluding hydrogens is 166 g/mol. The first-order valence-corrected chi connectivity index (χ1v) is 3.89. The molecule has 0 aliphatic carbocycles. The molecule has 0 saturated carbocycles. The fourth-order valence-corrected chi connectivity index (χ4v) is 0.770. The molecule has 0 radical (unpaired) electrons. The first-order valence-electron chi connectivity index (χ1n) is 3.89. The Hall–Kier alpha value is -1.89. The van der Waals surface area contributed by atoms with E-state index in [-0.39, 0.29) is 5.71 Å². The number of aromatic nitrogens is 1. The normalized spacial score (nSPS) is 10.6. The van der Waals surface area contributed by atoms with Crippen molar-refractivity contribution < 1.29 is 4.84 Å². The summed E-state index contributed by atoms with van der Waals surface area (Å²) in [6.07, 6.45) is 3.21. The molecule has 0 aromatic carbocycles. The van der Waals surface area contributed by atoms with E-state index in [1.54, 1.807) is 24.5 Å². The van der Waals surface area contributed by atoms with Gasteiger partial charge in [0.1, 0.15) is 12.7 Å². The van der Waals surface area contributed by atoms with Gasteiger partial charge in [-0.3, -0.25) is 4.98 Å². The Kier molecular flexibility index (Phi) is 3.45. The van der Waals surface area contributed by atoms with Gasteiger partial charge < -0.3 is 4.84 Å². The predicted octanol–water partition coefficient (Wildman–Crippen LogP) is 1.35. The molecule has 0 N–H and O–H groups in total. The first kappa shape index (κ1) is 9.20. The second-order valence-corrected chi connectivity index (χ2v) is 2.21. The van der Waals surface area contributed by atoms with Gasteiger partial charge in [0.2, 0.25) is 0 Å². The molecule has 1 aromatic heterocycles. The third-order valence-corrected chi connectivity index (χ3v) is 1.33. The molecule has 0 fully saturated rings. The van der Waals surface area contributed by atoms with E-state index in [2.05, 4.69) is 10.1 Å². The van der Waals surface area contributed by atoms with E-state index in [1.807, 2.05) is 13.0 Å². The van der Waals surface area contributed by atoms with Crippen molar-refractivity contribution in [2.75, 3.05) is 6.61 Å². The van der Waals surface area contributed by atoms with Gasteiger partial charge in [0.05, 0.1) is 0 Å². The number of rotatable bonds is 3. The van der Waals surface area contributed by atoms with Gasteiger partial charge in [-0.2, -0.15) is 5.26 Å². The van der Waals surface area contributed by atoms with Crippen LogP contribution in [0, 0.1) is 11.3 Å². The molecule has 0 atom stereocenters. The van der Waals surface area contributed by atoms with Crippen molar-refractivity contribution in [1.82, 2.24) is 4.98 Å². The first-order chi connectivity index (χ1) is 6.38. The second kappa shape index (κ2) is 4.88. The lowest BCUT2D eigenvalue weighted by Crippen LogP contribution is -1.98. The summed E-state index contributed by atoms with van der Waals surface area (Å²) >= 11 is 0. The third kappa shape index (κ3) is 2.56. The number of nitrogens with zero attached hydrogens (tertiary/aromatic N) is 3. The monoisotopic (exact) mass is 175 g/mol. The van der Waals surface area contributed by atoms with Gasteiger partial charge in [0.15, 0.2) is 5.71 Å². The molecule has 66 valence electrons. The maximum atomic E-state index is 8.72. The molecule has 1 heterocycles. The van der Waals surface area contributed by atoms with E-state index in [1.165, 1.54) is 0 Å². The highest BCUT2D eigenvalue weighted by Crippen LogP contribution is 1.98. The number of nitriles is 1. The number of oxime groups is 1. The summed E-state index contributed by atoms with van der Waals surface area (Å²) in [5.74, 6) is 0. The summed E-state index contributed by atoms with van der Waals surface area (Å²) in [6, 6.07) is 5.44. The summed E-state index contributed by atoms with van der Waals surface area (Å²) in [4.78, 5) is 8.65. The van der Waals surface area contributed by atoms with E-state index in [0.717, 1.165) is 0 Å². The molecule has 0 spiro atoms.